The van der Waals surface area contributed by atoms with Gasteiger partial charge in [0.25, 0.3) is 0 Å². The van der Waals surface area contributed by atoms with Gasteiger partial charge in [-0.3, -0.25) is 0 Å². The van der Waals surface area contributed by atoms with Crippen molar-refractivity contribution >= 4 is 22.8 Å². The van der Waals surface area contributed by atoms with Gasteiger partial charge in [0.05, 0.1) is 18.1 Å². The number of amides is 2. The first-order chi connectivity index (χ1) is 20.6. The quantitative estimate of drug-likeness (QED) is 0.195. The zero-order valence-corrected chi connectivity index (χ0v) is 23.7. The summed E-state index contributed by atoms with van der Waals surface area (Å²) < 4.78 is 7.52. The third kappa shape index (κ3) is 6.24. The van der Waals surface area contributed by atoms with Crippen molar-refractivity contribution in [1.29, 1.82) is 0 Å². The molecule has 1 aliphatic heterocycles. The van der Waals surface area contributed by atoms with Crippen LogP contribution in [-0.4, -0.2) is 58.9 Å². The Balaban J connectivity index is 1.21. The fraction of sp³-hybridized carbons (Fsp3) is 0.235. The minimum absolute atomic E-state index is 0.187. The van der Waals surface area contributed by atoms with Gasteiger partial charge in [0, 0.05) is 30.9 Å². The number of likely N-dealkylation sites (tertiary alicyclic amines) is 1. The van der Waals surface area contributed by atoms with Crippen molar-refractivity contribution < 1.29 is 14.6 Å². The van der Waals surface area contributed by atoms with Crippen molar-refractivity contribution in [3.05, 3.63) is 96.6 Å². The van der Waals surface area contributed by atoms with Gasteiger partial charge in [0.1, 0.15) is 17.3 Å². The third-order valence-electron chi connectivity index (χ3n) is 7.76. The molecule has 1 aliphatic rings. The van der Waals surface area contributed by atoms with E-state index in [0.29, 0.717) is 13.1 Å². The number of hydrogen-bond acceptors (Lipinski definition) is 5. The van der Waals surface area contributed by atoms with Crippen LogP contribution in [0.2, 0.25) is 0 Å². The Labute approximate surface area is 245 Å². The summed E-state index contributed by atoms with van der Waals surface area (Å²) in [5, 5.41) is 15.7. The van der Waals surface area contributed by atoms with Crippen molar-refractivity contribution in [3.63, 3.8) is 0 Å². The average Bonchev–Trinajstić information content (AvgIpc) is 3.66. The largest absolute Gasteiger partial charge is 0.508 e. The number of ether oxygens (including phenoxy) is 1. The number of aromatic nitrogens is 2. The first kappa shape index (κ1) is 27.4. The molecule has 214 valence electrons. The minimum atomic E-state index is -0.187. The maximum Gasteiger partial charge on any atom is 0.319 e. The number of rotatable bonds is 9. The van der Waals surface area contributed by atoms with Crippen molar-refractivity contribution in [2.45, 2.75) is 19.4 Å². The fourth-order valence-corrected chi connectivity index (χ4v) is 5.47. The maximum atomic E-state index is 12.3. The Kier molecular flexibility index (Phi) is 8.05. The van der Waals surface area contributed by atoms with Crippen LogP contribution >= 0.6 is 0 Å². The Morgan fingerprint density at radius 1 is 0.881 bits per heavy atom. The number of hydrogen-bond donors (Lipinski definition) is 3. The highest BCUT2D eigenvalue weighted by Gasteiger charge is 2.15. The van der Waals surface area contributed by atoms with E-state index in [0.717, 1.165) is 70.2 Å². The number of benzene rings is 4. The van der Waals surface area contributed by atoms with Crippen LogP contribution in [0, 0.1) is 0 Å². The molecule has 0 saturated carbocycles. The number of aromatic hydroxyl groups is 1. The maximum absolute atomic E-state index is 12.3. The van der Waals surface area contributed by atoms with E-state index >= 15 is 0 Å². The Hall–Kier alpha value is -4.82. The van der Waals surface area contributed by atoms with Crippen LogP contribution in [0.3, 0.4) is 0 Å². The molecule has 4 aromatic carbocycles. The number of phenols is 1. The molecule has 1 saturated heterocycles. The molecule has 2 amide bonds. The molecular formula is C34H35N5O3. The number of phenolic OH excluding ortho intramolecular Hbond substituents is 1. The molecule has 3 N–H and O–H groups in total. The van der Waals surface area contributed by atoms with E-state index < -0.39 is 0 Å². The van der Waals surface area contributed by atoms with E-state index in [1.165, 1.54) is 12.8 Å². The summed E-state index contributed by atoms with van der Waals surface area (Å²) in [6.07, 6.45) is 2.49. The van der Waals surface area contributed by atoms with E-state index in [4.69, 9.17) is 9.72 Å². The van der Waals surface area contributed by atoms with Crippen LogP contribution in [0.5, 0.6) is 11.5 Å². The monoisotopic (exact) mass is 561 g/mol. The fourth-order valence-electron chi connectivity index (χ4n) is 5.47. The smallest absolute Gasteiger partial charge is 0.319 e. The number of urea groups is 1. The predicted octanol–water partition coefficient (Wildman–Crippen LogP) is 6.35. The molecule has 1 fully saturated rings. The van der Waals surface area contributed by atoms with Gasteiger partial charge in [0.15, 0.2) is 0 Å². The van der Waals surface area contributed by atoms with Crippen LogP contribution in [-0.2, 0) is 6.54 Å². The molecule has 8 heteroatoms. The zero-order chi connectivity index (χ0) is 28.9. The molecule has 0 radical (unpaired) electrons. The molecule has 0 unspecified atom stereocenters. The predicted molar refractivity (Wildman–Crippen MR) is 167 cm³/mol. The summed E-state index contributed by atoms with van der Waals surface area (Å²) in [5.74, 6) is 1.86. The molecule has 42 heavy (non-hydrogen) atoms. The van der Waals surface area contributed by atoms with Gasteiger partial charge in [-0.15, -0.1) is 0 Å². The number of nitrogens with zero attached hydrogens (tertiary/aromatic N) is 3. The lowest BCUT2D eigenvalue weighted by Crippen LogP contribution is -2.35. The molecule has 1 aromatic heterocycles. The molecule has 6 rings (SSSR count). The molecule has 0 aliphatic carbocycles. The van der Waals surface area contributed by atoms with Gasteiger partial charge in [-0.2, -0.15) is 0 Å². The number of nitrogens with one attached hydrogen (secondary N) is 2. The molecule has 0 spiro atoms. The molecule has 2 heterocycles. The van der Waals surface area contributed by atoms with Crippen molar-refractivity contribution in [1.82, 2.24) is 19.8 Å². The summed E-state index contributed by atoms with van der Waals surface area (Å²) in [4.78, 5) is 19.8. The summed E-state index contributed by atoms with van der Waals surface area (Å²) in [6.45, 7) is 4.41. The molecule has 5 aromatic rings. The number of imidazole rings is 1. The number of carbonyl (C=O) groups excluding carboxylic acids is 1. The number of methoxy groups -OCH3 is 1. The van der Waals surface area contributed by atoms with Gasteiger partial charge in [-0.05, 0) is 103 Å². The van der Waals surface area contributed by atoms with E-state index in [-0.39, 0.29) is 11.8 Å². The topological polar surface area (TPSA) is 91.6 Å². The third-order valence-corrected chi connectivity index (χ3v) is 7.76. The first-order valence-electron chi connectivity index (χ1n) is 14.4. The van der Waals surface area contributed by atoms with Gasteiger partial charge >= 0.3 is 6.03 Å². The molecule has 0 atom stereocenters. The number of anilines is 1. The zero-order valence-electron chi connectivity index (χ0n) is 23.7. The lowest BCUT2D eigenvalue weighted by Gasteiger charge is -2.15. The normalized spacial score (nSPS) is 13.4. The SMILES string of the molecule is COc1ccc(Cn2c(-c3ccc(O)cc3)nc3cc(-c4ccc(NC(=O)NCCN5CCCC5)cc4)ccc32)cc1. The Morgan fingerprint density at radius 3 is 2.29 bits per heavy atom. The molecule has 8 nitrogen and oxygen atoms in total. The first-order valence-corrected chi connectivity index (χ1v) is 14.4. The standard InChI is InChI=1S/C34H35N5O3/c1-42-30-15-4-24(5-16-30)23-39-32-17-10-27(22-31(32)37-33(39)26-8-13-29(40)14-9-26)25-6-11-28(12-7-25)36-34(41)35-18-21-38-19-2-3-20-38/h4-17,22,40H,2-3,18-21,23H2,1H3,(H2,35,36,41). The van der Waals surface area contributed by atoms with Gasteiger partial charge < -0.3 is 29.9 Å². The number of fused-ring (bicyclic) bond motifs is 1. The van der Waals surface area contributed by atoms with Crippen LogP contribution in [0.15, 0.2) is 91.0 Å². The van der Waals surface area contributed by atoms with Gasteiger partial charge in [-0.1, -0.05) is 30.3 Å². The molecule has 0 bridgehead atoms. The van der Waals surface area contributed by atoms with E-state index in [2.05, 4.69) is 50.4 Å². The van der Waals surface area contributed by atoms with Gasteiger partial charge in [0.2, 0.25) is 0 Å². The lowest BCUT2D eigenvalue weighted by atomic mass is 10.0. The minimum Gasteiger partial charge on any atom is -0.508 e. The second kappa shape index (κ2) is 12.4. The molecular weight excluding hydrogens is 526 g/mol. The van der Waals surface area contributed by atoms with Crippen LogP contribution < -0.4 is 15.4 Å². The van der Waals surface area contributed by atoms with Crippen molar-refractivity contribution in [3.8, 4) is 34.0 Å². The Bertz CT molecular complexity index is 1660. The lowest BCUT2D eigenvalue weighted by molar-refractivity contribution is 0.249. The highest BCUT2D eigenvalue weighted by atomic mass is 16.5. The summed E-state index contributed by atoms with van der Waals surface area (Å²) in [6, 6.07) is 29.1. The van der Waals surface area contributed by atoms with Crippen LogP contribution in [0.1, 0.15) is 18.4 Å². The summed E-state index contributed by atoms with van der Waals surface area (Å²) >= 11 is 0. The van der Waals surface area contributed by atoms with Gasteiger partial charge in [-0.25, -0.2) is 9.78 Å². The Morgan fingerprint density at radius 2 is 1.57 bits per heavy atom. The second-order valence-electron chi connectivity index (χ2n) is 10.6. The van der Waals surface area contributed by atoms with E-state index in [1.807, 2.05) is 48.5 Å². The second-order valence-corrected chi connectivity index (χ2v) is 10.6. The average molecular weight is 562 g/mol. The number of carbonyl (C=O) groups is 1. The highest BCUT2D eigenvalue weighted by molar-refractivity contribution is 5.90. The van der Waals surface area contributed by atoms with Crippen LogP contribution in [0.25, 0.3) is 33.5 Å². The summed E-state index contributed by atoms with van der Waals surface area (Å²) in [5.41, 5.74) is 6.76. The van der Waals surface area contributed by atoms with E-state index in [1.54, 1.807) is 19.2 Å². The van der Waals surface area contributed by atoms with Crippen molar-refractivity contribution in [2.75, 3.05) is 38.6 Å². The highest BCUT2D eigenvalue weighted by Crippen LogP contribution is 2.31. The van der Waals surface area contributed by atoms with Crippen LogP contribution in [0.4, 0.5) is 10.5 Å². The van der Waals surface area contributed by atoms with E-state index in [9.17, 15) is 9.90 Å². The van der Waals surface area contributed by atoms with Crippen molar-refractivity contribution in [2.24, 2.45) is 0 Å². The summed E-state index contributed by atoms with van der Waals surface area (Å²) in [7, 11) is 1.66.